The third kappa shape index (κ3) is 57.4. The third-order valence-corrected chi connectivity index (χ3v) is 14.5. The van der Waals surface area contributed by atoms with Gasteiger partial charge in [-0.05, 0) is 102 Å². The Bertz CT molecular complexity index is 1640. The molecular weight excluding hydrogens is 976 g/mol. The molecule has 0 saturated heterocycles. The summed E-state index contributed by atoms with van der Waals surface area (Å²) in [7, 11) is 1.46. The highest BCUT2D eigenvalue weighted by molar-refractivity contribution is 7.47. The van der Waals surface area contributed by atoms with Gasteiger partial charge in [0.1, 0.15) is 19.3 Å². The largest absolute Gasteiger partial charge is 0.472 e. The van der Waals surface area contributed by atoms with Gasteiger partial charge in [-0.2, -0.15) is 0 Å². The first kappa shape index (κ1) is 73.9. The van der Waals surface area contributed by atoms with E-state index < -0.39 is 20.0 Å². The predicted molar refractivity (Wildman–Crippen MR) is 332 cm³/mol. The molecule has 0 spiro atoms. The first-order valence-corrected chi connectivity index (χ1v) is 33.1. The zero-order chi connectivity index (χ0) is 56.4. The lowest BCUT2D eigenvalue weighted by atomic mass is 10.0. The molecule has 0 aliphatic carbocycles. The number of hydrogen-bond donors (Lipinski definition) is 2. The lowest BCUT2D eigenvalue weighted by Gasteiger charge is -2.27. The molecule has 0 aliphatic heterocycles. The number of nitrogens with zero attached hydrogens (tertiary/aromatic N) is 1. The van der Waals surface area contributed by atoms with E-state index in [9.17, 15) is 19.0 Å². The van der Waals surface area contributed by atoms with Crippen molar-refractivity contribution < 1.29 is 37.3 Å². The van der Waals surface area contributed by atoms with Gasteiger partial charge in [0.25, 0.3) is 0 Å². The molecule has 0 bridgehead atoms. The second-order valence-corrected chi connectivity index (χ2v) is 23.6. The number of unbranched alkanes of at least 4 members (excludes halogenated alkanes) is 26. The Morgan fingerprint density at radius 2 is 0.844 bits per heavy atom. The van der Waals surface area contributed by atoms with Crippen LogP contribution in [0.1, 0.15) is 265 Å². The van der Waals surface area contributed by atoms with E-state index in [0.717, 1.165) is 83.5 Å². The number of nitrogens with one attached hydrogen (secondary N) is 1. The maximum absolute atomic E-state index is 13.6. The molecular formula is C67H120N2O7P+. The molecule has 0 aliphatic rings. The van der Waals surface area contributed by atoms with Crippen molar-refractivity contribution >= 4 is 19.7 Å². The van der Waals surface area contributed by atoms with E-state index >= 15 is 0 Å². The number of amides is 1. The predicted octanol–water partition coefficient (Wildman–Crippen LogP) is 19.6. The number of phosphoric ester groups is 1. The van der Waals surface area contributed by atoms with Crippen molar-refractivity contribution in [3.63, 3.8) is 0 Å². The second kappa shape index (κ2) is 56.2. The molecule has 0 heterocycles. The zero-order valence-electron chi connectivity index (χ0n) is 50.7. The lowest BCUT2D eigenvalue weighted by Crippen LogP contribution is -2.47. The topological polar surface area (TPSA) is 111 Å². The van der Waals surface area contributed by atoms with Crippen LogP contribution in [-0.2, 0) is 27.9 Å². The first-order chi connectivity index (χ1) is 37.4. The van der Waals surface area contributed by atoms with Gasteiger partial charge in [-0.3, -0.25) is 18.6 Å². The van der Waals surface area contributed by atoms with Crippen molar-refractivity contribution in [1.82, 2.24) is 5.32 Å². The van der Waals surface area contributed by atoms with Gasteiger partial charge in [0.15, 0.2) is 0 Å². The van der Waals surface area contributed by atoms with E-state index in [2.05, 4.69) is 111 Å². The van der Waals surface area contributed by atoms with Crippen LogP contribution in [0.2, 0.25) is 0 Å². The summed E-state index contributed by atoms with van der Waals surface area (Å²) >= 11 is 0. The zero-order valence-corrected chi connectivity index (χ0v) is 51.6. The summed E-state index contributed by atoms with van der Waals surface area (Å²) < 4.78 is 30.7. The Kier molecular flexibility index (Phi) is 54.0. The van der Waals surface area contributed by atoms with E-state index in [1.165, 1.54) is 141 Å². The van der Waals surface area contributed by atoms with Gasteiger partial charge in [-0.1, -0.05) is 247 Å². The van der Waals surface area contributed by atoms with E-state index in [1.54, 1.807) is 0 Å². The highest BCUT2D eigenvalue weighted by Crippen LogP contribution is 2.43. The summed E-state index contributed by atoms with van der Waals surface area (Å²) in [6.45, 7) is 6.84. The molecule has 10 heteroatoms. The van der Waals surface area contributed by atoms with Gasteiger partial charge in [0, 0.05) is 12.8 Å². The summed E-state index contributed by atoms with van der Waals surface area (Å²) in [5.74, 6) is -0.576. The highest BCUT2D eigenvalue weighted by Gasteiger charge is 2.30. The molecule has 1 amide bonds. The van der Waals surface area contributed by atoms with Gasteiger partial charge in [0.05, 0.1) is 33.8 Å². The van der Waals surface area contributed by atoms with Crippen molar-refractivity contribution in [2.75, 3.05) is 40.9 Å². The van der Waals surface area contributed by atoms with Crippen molar-refractivity contribution in [3.8, 4) is 0 Å². The number of esters is 1. The normalized spacial score (nSPS) is 14.3. The van der Waals surface area contributed by atoms with Crippen molar-refractivity contribution in [2.45, 2.75) is 277 Å². The van der Waals surface area contributed by atoms with Crippen LogP contribution in [0.15, 0.2) is 97.2 Å². The van der Waals surface area contributed by atoms with Crippen molar-refractivity contribution in [1.29, 1.82) is 0 Å². The second-order valence-electron chi connectivity index (χ2n) is 22.2. The van der Waals surface area contributed by atoms with Crippen molar-refractivity contribution in [2.24, 2.45) is 0 Å². The number of likely N-dealkylation sites (N-methyl/N-ethyl adjacent to an activating group) is 1. The Balaban J connectivity index is 5.33. The van der Waals surface area contributed by atoms with Crippen LogP contribution >= 0.6 is 7.82 Å². The summed E-state index contributed by atoms with van der Waals surface area (Å²) in [5, 5.41) is 3.04. The van der Waals surface area contributed by atoms with Crippen LogP contribution in [0, 0.1) is 0 Å². The number of carbonyl (C=O) groups excluding carboxylic acids is 2. The average molecular weight is 1100 g/mol. The molecule has 0 fully saturated rings. The molecule has 3 unspecified atom stereocenters. The van der Waals surface area contributed by atoms with Crippen LogP contribution in [0.3, 0.4) is 0 Å². The minimum Gasteiger partial charge on any atom is -0.456 e. The minimum absolute atomic E-state index is 0.0272. The fraction of sp³-hybridized carbons (Fsp3) is 0.731. The van der Waals surface area contributed by atoms with E-state index in [0.29, 0.717) is 23.9 Å². The fourth-order valence-corrected chi connectivity index (χ4v) is 9.39. The van der Waals surface area contributed by atoms with Gasteiger partial charge >= 0.3 is 13.8 Å². The van der Waals surface area contributed by atoms with Crippen LogP contribution in [-0.4, -0.2) is 74.3 Å². The van der Waals surface area contributed by atoms with Gasteiger partial charge in [-0.15, -0.1) is 0 Å². The number of carbonyl (C=O) groups is 2. The standard InChI is InChI=1S/C67H119N2O7P/c1-7-10-13-16-19-22-25-28-30-32-33-34-35-37-38-41-44-47-50-53-56-59-66(70)68-64(63-75-77(72,73)74-62-61-69(4,5)6)65(58-55-52-49-46-43-40-27-24-21-18-15-12-9-3)76-67(71)60-57-54-51-48-45-42-39-36-31-29-26-23-20-17-14-11-8-2/h11,14,19-20,22-23,28-31,39,42,48,51,55,58,64-65H,7-10,12-13,15-18,21,24-27,32-38,40-41,43-47,49-50,52-54,56-57,59-63H2,1-6H3,(H-,68,70,72,73)/p+1/b14-11-,22-19-,23-20-,30-28-,31-29-,42-39-,51-48-,58-55-. The molecule has 0 saturated carbocycles. The monoisotopic (exact) mass is 1100 g/mol. The summed E-state index contributed by atoms with van der Waals surface area (Å²) in [4.78, 5) is 37.7. The summed E-state index contributed by atoms with van der Waals surface area (Å²) in [6.07, 6.45) is 75.5. The molecule has 444 valence electrons. The SMILES string of the molecule is CC/C=C\C/C=C\C/C=C\C/C=C\C/C=C\CCCC(=O)OC(/C=C\CCCCCCCCCCCCC)C(COP(=O)(O)OCC[N+](C)(C)C)NC(=O)CCCCCCCCCCCCC/C=C\C/C=C\CCCCC. The smallest absolute Gasteiger partial charge is 0.456 e. The Hall–Kier alpha value is -3.07. The lowest BCUT2D eigenvalue weighted by molar-refractivity contribution is -0.870. The molecule has 0 aromatic carbocycles. The van der Waals surface area contributed by atoms with Crippen LogP contribution in [0.25, 0.3) is 0 Å². The Morgan fingerprint density at radius 1 is 0.468 bits per heavy atom. The van der Waals surface area contributed by atoms with Gasteiger partial charge in [0.2, 0.25) is 5.91 Å². The Labute approximate surface area is 475 Å². The van der Waals surface area contributed by atoms with Crippen LogP contribution in [0.4, 0.5) is 0 Å². The molecule has 77 heavy (non-hydrogen) atoms. The number of ether oxygens (including phenoxy) is 1. The molecule has 0 radical (unpaired) electrons. The molecule has 0 aromatic heterocycles. The maximum Gasteiger partial charge on any atom is 0.472 e. The number of hydrogen-bond acceptors (Lipinski definition) is 6. The highest BCUT2D eigenvalue weighted by atomic mass is 31.2. The molecule has 0 aromatic rings. The Morgan fingerprint density at radius 3 is 1.30 bits per heavy atom. The fourth-order valence-electron chi connectivity index (χ4n) is 8.65. The first-order valence-electron chi connectivity index (χ1n) is 31.6. The average Bonchev–Trinajstić information content (AvgIpc) is 3.39. The molecule has 0 rings (SSSR count). The van der Waals surface area contributed by atoms with Gasteiger partial charge in [-0.25, -0.2) is 4.57 Å². The summed E-state index contributed by atoms with van der Waals surface area (Å²) in [6, 6.07) is -0.878. The minimum atomic E-state index is -4.47. The van der Waals surface area contributed by atoms with Crippen LogP contribution in [0.5, 0.6) is 0 Å². The maximum atomic E-state index is 13.6. The van der Waals surface area contributed by atoms with Crippen molar-refractivity contribution in [3.05, 3.63) is 97.2 Å². The van der Waals surface area contributed by atoms with E-state index in [-0.39, 0.29) is 31.5 Å². The number of allylic oxidation sites excluding steroid dienone is 15. The summed E-state index contributed by atoms with van der Waals surface area (Å²) in [5.41, 5.74) is 0. The molecule has 2 N–H and O–H groups in total. The van der Waals surface area contributed by atoms with Gasteiger partial charge < -0.3 is 19.4 Å². The molecule has 3 atom stereocenters. The number of rotatable bonds is 56. The molecule has 9 nitrogen and oxygen atoms in total. The number of phosphoric acid groups is 1. The van der Waals surface area contributed by atoms with Crippen LogP contribution < -0.4 is 5.32 Å². The third-order valence-electron chi connectivity index (χ3n) is 13.5. The van der Waals surface area contributed by atoms with E-state index in [4.69, 9.17) is 13.8 Å². The quantitative estimate of drug-likeness (QED) is 0.0205. The van der Waals surface area contributed by atoms with E-state index in [1.807, 2.05) is 33.3 Å². The number of quaternary nitrogens is 1.